The molecular formula is C20H42N2+2. The molecule has 0 amide bonds. The molecule has 2 heteroatoms. The zero-order chi connectivity index (χ0) is 16.1. The van der Waals surface area contributed by atoms with Crippen molar-refractivity contribution in [2.75, 3.05) is 53.4 Å². The van der Waals surface area contributed by atoms with Crippen molar-refractivity contribution in [1.82, 2.24) is 0 Å². The molecule has 1 saturated carbocycles. The highest BCUT2D eigenvalue weighted by molar-refractivity contribution is 4.80. The Labute approximate surface area is 140 Å². The molecule has 0 radical (unpaired) electrons. The quantitative estimate of drug-likeness (QED) is 0.440. The third-order valence-corrected chi connectivity index (χ3v) is 7.09. The molecule has 2 nitrogen and oxygen atoms in total. The van der Waals surface area contributed by atoms with Gasteiger partial charge in [-0.2, -0.15) is 0 Å². The largest absolute Gasteiger partial charge is 0.327 e. The summed E-state index contributed by atoms with van der Waals surface area (Å²) in [6.07, 6.45) is 11.9. The second-order valence-corrected chi connectivity index (χ2v) is 8.90. The van der Waals surface area contributed by atoms with Crippen molar-refractivity contribution >= 4 is 0 Å². The molecular weight excluding hydrogens is 268 g/mol. The van der Waals surface area contributed by atoms with Gasteiger partial charge < -0.3 is 8.97 Å². The van der Waals surface area contributed by atoms with E-state index in [1.807, 2.05) is 0 Å². The Morgan fingerprint density at radius 1 is 0.864 bits per heavy atom. The van der Waals surface area contributed by atoms with Crippen LogP contribution in [0.1, 0.15) is 65.2 Å². The SMILES string of the molecule is CC[N+](C)(CC)CCCCCC[N+]1(C)CC2CCCCC2C1. The number of fused-ring (bicyclic) bond motifs is 1. The predicted molar refractivity (Wildman–Crippen MR) is 96.8 cm³/mol. The summed E-state index contributed by atoms with van der Waals surface area (Å²) in [5.74, 6) is 2.15. The van der Waals surface area contributed by atoms with Gasteiger partial charge in [0.1, 0.15) is 0 Å². The third kappa shape index (κ3) is 4.96. The van der Waals surface area contributed by atoms with E-state index in [2.05, 4.69) is 27.9 Å². The Kier molecular flexibility index (Phi) is 6.76. The Morgan fingerprint density at radius 2 is 1.41 bits per heavy atom. The number of quaternary nitrogens is 2. The molecule has 2 aliphatic rings. The first-order chi connectivity index (χ1) is 10.5. The van der Waals surface area contributed by atoms with Crippen LogP contribution in [-0.2, 0) is 0 Å². The maximum Gasteiger partial charge on any atom is 0.0818 e. The summed E-state index contributed by atoms with van der Waals surface area (Å²) in [4.78, 5) is 0. The summed E-state index contributed by atoms with van der Waals surface area (Å²) in [6.45, 7) is 13.0. The number of nitrogens with zero attached hydrogens (tertiary/aromatic N) is 2. The smallest absolute Gasteiger partial charge is 0.0818 e. The molecule has 1 aliphatic carbocycles. The van der Waals surface area contributed by atoms with E-state index in [-0.39, 0.29) is 0 Å². The normalized spacial score (nSPS) is 32.2. The molecule has 0 spiro atoms. The topological polar surface area (TPSA) is 0 Å². The van der Waals surface area contributed by atoms with Gasteiger partial charge in [0.15, 0.2) is 0 Å². The highest BCUT2D eigenvalue weighted by atomic mass is 15.4. The monoisotopic (exact) mass is 310 g/mol. The van der Waals surface area contributed by atoms with Crippen LogP contribution in [0.25, 0.3) is 0 Å². The van der Waals surface area contributed by atoms with Gasteiger partial charge in [-0.1, -0.05) is 12.8 Å². The third-order valence-electron chi connectivity index (χ3n) is 7.09. The van der Waals surface area contributed by atoms with Crippen molar-refractivity contribution in [2.24, 2.45) is 11.8 Å². The molecule has 22 heavy (non-hydrogen) atoms. The summed E-state index contributed by atoms with van der Waals surface area (Å²) in [6, 6.07) is 0. The average Bonchev–Trinajstić information content (AvgIpc) is 2.86. The minimum absolute atomic E-state index is 1.07. The van der Waals surface area contributed by atoms with Crippen LogP contribution >= 0.6 is 0 Å². The summed E-state index contributed by atoms with van der Waals surface area (Å²) < 4.78 is 2.66. The molecule has 2 rings (SSSR count). The first kappa shape index (κ1) is 18.3. The van der Waals surface area contributed by atoms with Crippen LogP contribution in [0.15, 0.2) is 0 Å². The second-order valence-electron chi connectivity index (χ2n) is 8.90. The molecule has 0 aromatic carbocycles. The Bertz CT molecular complexity index is 308. The first-order valence-electron chi connectivity index (χ1n) is 10.2. The highest BCUT2D eigenvalue weighted by Gasteiger charge is 2.42. The van der Waals surface area contributed by atoms with Crippen LogP contribution in [0.4, 0.5) is 0 Å². The van der Waals surface area contributed by atoms with E-state index < -0.39 is 0 Å². The van der Waals surface area contributed by atoms with Gasteiger partial charge in [0.2, 0.25) is 0 Å². The zero-order valence-corrected chi connectivity index (χ0v) is 15.9. The van der Waals surface area contributed by atoms with Crippen molar-refractivity contribution in [3.63, 3.8) is 0 Å². The van der Waals surface area contributed by atoms with E-state index in [1.54, 1.807) is 0 Å². The van der Waals surface area contributed by atoms with E-state index in [9.17, 15) is 0 Å². The molecule has 1 heterocycles. The lowest BCUT2D eigenvalue weighted by atomic mass is 9.82. The van der Waals surface area contributed by atoms with Crippen LogP contribution < -0.4 is 0 Å². The van der Waals surface area contributed by atoms with Gasteiger partial charge in [-0.25, -0.2) is 0 Å². The highest BCUT2D eigenvalue weighted by Crippen LogP contribution is 2.39. The van der Waals surface area contributed by atoms with Gasteiger partial charge in [-0.15, -0.1) is 0 Å². The van der Waals surface area contributed by atoms with Gasteiger partial charge in [-0.3, -0.25) is 0 Å². The van der Waals surface area contributed by atoms with E-state index >= 15 is 0 Å². The number of unbranched alkanes of at least 4 members (excludes halogenated alkanes) is 3. The Morgan fingerprint density at radius 3 is 1.95 bits per heavy atom. The molecule has 1 aliphatic heterocycles. The Balaban J connectivity index is 1.59. The lowest BCUT2D eigenvalue weighted by molar-refractivity contribution is -0.906. The summed E-state index contributed by atoms with van der Waals surface area (Å²) in [5, 5.41) is 0. The summed E-state index contributed by atoms with van der Waals surface area (Å²) in [5.41, 5.74) is 0. The minimum atomic E-state index is 1.07. The number of likely N-dealkylation sites (tertiary alicyclic amines) is 1. The van der Waals surface area contributed by atoms with Gasteiger partial charge >= 0.3 is 0 Å². The standard InChI is InChI=1S/C20H42N2/c1-5-21(3,6-2)15-11-7-8-12-16-22(4)17-19-13-9-10-14-20(19)18-22/h19-20H,5-18H2,1-4H3/q+2. The van der Waals surface area contributed by atoms with Gasteiger partial charge in [0.05, 0.1) is 53.4 Å². The molecule has 0 N–H and O–H groups in total. The minimum Gasteiger partial charge on any atom is -0.327 e. The van der Waals surface area contributed by atoms with Crippen molar-refractivity contribution < 1.29 is 8.97 Å². The van der Waals surface area contributed by atoms with Crippen molar-refractivity contribution in [3.8, 4) is 0 Å². The van der Waals surface area contributed by atoms with Crippen molar-refractivity contribution in [2.45, 2.75) is 65.2 Å². The molecule has 2 unspecified atom stereocenters. The van der Waals surface area contributed by atoms with Crippen LogP contribution in [0.3, 0.4) is 0 Å². The maximum atomic E-state index is 2.54. The van der Waals surface area contributed by atoms with E-state index in [1.165, 1.54) is 99.6 Å². The number of rotatable bonds is 9. The molecule has 2 atom stereocenters. The maximum absolute atomic E-state index is 2.54. The second kappa shape index (κ2) is 8.15. The van der Waals surface area contributed by atoms with E-state index in [0.29, 0.717) is 0 Å². The molecule has 130 valence electrons. The van der Waals surface area contributed by atoms with Gasteiger partial charge in [0.25, 0.3) is 0 Å². The summed E-state index contributed by atoms with van der Waals surface area (Å²) in [7, 11) is 4.96. The van der Waals surface area contributed by atoms with E-state index in [0.717, 1.165) is 11.8 Å². The Hall–Kier alpha value is -0.0800. The zero-order valence-electron chi connectivity index (χ0n) is 15.9. The van der Waals surface area contributed by atoms with E-state index in [4.69, 9.17) is 0 Å². The van der Waals surface area contributed by atoms with Crippen molar-refractivity contribution in [3.05, 3.63) is 0 Å². The van der Waals surface area contributed by atoms with Gasteiger partial charge in [0, 0.05) is 11.8 Å². The molecule has 0 bridgehead atoms. The number of hydrogen-bond acceptors (Lipinski definition) is 0. The predicted octanol–water partition coefficient (Wildman–Crippen LogP) is 4.30. The lowest BCUT2D eigenvalue weighted by Gasteiger charge is -2.32. The lowest BCUT2D eigenvalue weighted by Crippen LogP contribution is -2.44. The van der Waals surface area contributed by atoms with Gasteiger partial charge in [-0.05, 0) is 52.4 Å². The molecule has 0 aromatic rings. The molecule has 0 aromatic heterocycles. The fourth-order valence-electron chi connectivity index (χ4n) is 5.04. The fraction of sp³-hybridized carbons (Fsp3) is 1.00. The average molecular weight is 311 g/mol. The first-order valence-corrected chi connectivity index (χ1v) is 10.2. The van der Waals surface area contributed by atoms with Crippen molar-refractivity contribution in [1.29, 1.82) is 0 Å². The van der Waals surface area contributed by atoms with Crippen LogP contribution in [0.5, 0.6) is 0 Å². The fourth-order valence-corrected chi connectivity index (χ4v) is 5.04. The van der Waals surface area contributed by atoms with Crippen LogP contribution in [0.2, 0.25) is 0 Å². The molecule has 2 fully saturated rings. The van der Waals surface area contributed by atoms with Crippen LogP contribution in [0, 0.1) is 11.8 Å². The number of hydrogen-bond donors (Lipinski definition) is 0. The van der Waals surface area contributed by atoms with Crippen LogP contribution in [-0.4, -0.2) is 62.3 Å². The molecule has 1 saturated heterocycles. The summed E-state index contributed by atoms with van der Waals surface area (Å²) >= 11 is 0.